The standard InChI is InChI=1S/C23H24F6N2O/c1-3-7-20-30-21(14-31(20)2,17-8-5-4-6-9-17)15-32-13-16-10-18(22(24,25)26)12-19(11-16)23(27,28)29/h4-6,8-12H,3,7,13-15H2,1-2H3. The van der Waals surface area contributed by atoms with Gasteiger partial charge in [0.1, 0.15) is 5.54 Å². The van der Waals surface area contributed by atoms with Crippen molar-refractivity contribution in [2.75, 3.05) is 20.2 Å². The van der Waals surface area contributed by atoms with Gasteiger partial charge in [-0.25, -0.2) is 0 Å². The Morgan fingerprint density at radius 1 is 0.969 bits per heavy atom. The van der Waals surface area contributed by atoms with E-state index in [2.05, 4.69) is 0 Å². The van der Waals surface area contributed by atoms with Crippen LogP contribution in [0.5, 0.6) is 0 Å². The van der Waals surface area contributed by atoms with E-state index in [-0.39, 0.29) is 18.2 Å². The number of amidine groups is 1. The maximum atomic E-state index is 13.1. The molecule has 0 saturated carbocycles. The van der Waals surface area contributed by atoms with E-state index in [1.54, 1.807) is 0 Å². The van der Waals surface area contributed by atoms with Crippen molar-refractivity contribution in [1.29, 1.82) is 0 Å². The Kier molecular flexibility index (Phi) is 6.88. The van der Waals surface area contributed by atoms with Gasteiger partial charge in [0.25, 0.3) is 0 Å². The molecule has 1 atom stereocenters. The third kappa shape index (κ3) is 5.43. The Morgan fingerprint density at radius 2 is 1.56 bits per heavy atom. The molecule has 0 fully saturated rings. The summed E-state index contributed by atoms with van der Waals surface area (Å²) >= 11 is 0. The van der Waals surface area contributed by atoms with E-state index in [0.717, 1.165) is 24.2 Å². The number of likely N-dealkylation sites (N-methyl/N-ethyl adjacent to an activating group) is 1. The molecule has 0 saturated heterocycles. The number of alkyl halides is 6. The van der Waals surface area contributed by atoms with Crippen LogP contribution in [0, 0.1) is 0 Å². The highest BCUT2D eigenvalue weighted by Gasteiger charge is 2.40. The van der Waals surface area contributed by atoms with Gasteiger partial charge in [-0.2, -0.15) is 26.3 Å². The van der Waals surface area contributed by atoms with Gasteiger partial charge < -0.3 is 9.64 Å². The molecule has 2 aromatic carbocycles. The number of halogens is 6. The van der Waals surface area contributed by atoms with Gasteiger partial charge in [0.15, 0.2) is 0 Å². The fourth-order valence-electron chi connectivity index (χ4n) is 3.83. The van der Waals surface area contributed by atoms with Gasteiger partial charge in [-0.15, -0.1) is 0 Å². The highest BCUT2D eigenvalue weighted by molar-refractivity contribution is 5.84. The summed E-state index contributed by atoms with van der Waals surface area (Å²) in [6.45, 7) is 2.15. The summed E-state index contributed by atoms with van der Waals surface area (Å²) in [5.41, 5.74) is -2.81. The highest BCUT2D eigenvalue weighted by atomic mass is 19.4. The van der Waals surface area contributed by atoms with Crippen molar-refractivity contribution >= 4 is 5.84 Å². The zero-order valence-corrected chi connectivity index (χ0v) is 17.7. The number of nitrogens with zero attached hydrogens (tertiary/aromatic N) is 2. The number of hydrogen-bond acceptors (Lipinski definition) is 3. The first-order valence-corrected chi connectivity index (χ1v) is 10.2. The first-order valence-electron chi connectivity index (χ1n) is 10.2. The lowest BCUT2D eigenvalue weighted by molar-refractivity contribution is -0.143. The molecular formula is C23H24F6N2O. The molecule has 1 aliphatic rings. The second kappa shape index (κ2) is 9.13. The first-order chi connectivity index (χ1) is 14.9. The molecule has 1 heterocycles. The molecule has 0 spiro atoms. The second-order valence-corrected chi connectivity index (χ2v) is 7.94. The summed E-state index contributed by atoms with van der Waals surface area (Å²) in [4.78, 5) is 6.87. The summed E-state index contributed by atoms with van der Waals surface area (Å²) in [6, 6.07) is 10.8. The van der Waals surface area contributed by atoms with Gasteiger partial charge in [-0.1, -0.05) is 37.3 Å². The summed E-state index contributed by atoms with van der Waals surface area (Å²) in [5.74, 6) is 0.887. The molecule has 9 heteroatoms. The third-order valence-corrected chi connectivity index (χ3v) is 5.32. The summed E-state index contributed by atoms with van der Waals surface area (Å²) in [5, 5.41) is 0. The second-order valence-electron chi connectivity index (χ2n) is 7.94. The van der Waals surface area contributed by atoms with Crippen LogP contribution in [0.15, 0.2) is 53.5 Å². The average Bonchev–Trinajstić information content (AvgIpc) is 3.04. The fourth-order valence-corrected chi connectivity index (χ4v) is 3.83. The number of benzene rings is 2. The average molecular weight is 458 g/mol. The van der Waals surface area contributed by atoms with E-state index in [1.807, 2.05) is 49.2 Å². The first kappa shape index (κ1) is 24.1. The molecule has 1 unspecified atom stereocenters. The zero-order valence-electron chi connectivity index (χ0n) is 17.7. The molecule has 0 bridgehead atoms. The molecule has 0 aliphatic carbocycles. The molecular weight excluding hydrogens is 434 g/mol. The van der Waals surface area contributed by atoms with Crippen LogP contribution in [-0.2, 0) is 29.2 Å². The van der Waals surface area contributed by atoms with Crippen LogP contribution in [0.25, 0.3) is 0 Å². The molecule has 2 aromatic rings. The van der Waals surface area contributed by atoms with E-state index in [9.17, 15) is 26.3 Å². The van der Waals surface area contributed by atoms with Crippen molar-refractivity contribution in [1.82, 2.24) is 4.90 Å². The van der Waals surface area contributed by atoms with Crippen LogP contribution in [0.3, 0.4) is 0 Å². The van der Waals surface area contributed by atoms with Crippen LogP contribution in [-0.4, -0.2) is 30.9 Å². The molecule has 0 N–H and O–H groups in total. The summed E-state index contributed by atoms with van der Waals surface area (Å²) in [7, 11) is 1.90. The lowest BCUT2D eigenvalue weighted by Gasteiger charge is -2.27. The topological polar surface area (TPSA) is 24.8 Å². The predicted octanol–water partition coefficient (Wildman–Crippen LogP) is 6.28. The third-order valence-electron chi connectivity index (χ3n) is 5.32. The molecule has 174 valence electrons. The van der Waals surface area contributed by atoms with E-state index >= 15 is 0 Å². The van der Waals surface area contributed by atoms with Crippen molar-refractivity contribution in [3.05, 3.63) is 70.8 Å². The predicted molar refractivity (Wildman–Crippen MR) is 109 cm³/mol. The quantitative estimate of drug-likeness (QED) is 0.456. The number of aliphatic imine (C=N–C) groups is 1. The van der Waals surface area contributed by atoms with Crippen LogP contribution in [0.4, 0.5) is 26.3 Å². The zero-order chi connectivity index (χ0) is 23.6. The Balaban J connectivity index is 1.86. The maximum Gasteiger partial charge on any atom is 0.416 e. The van der Waals surface area contributed by atoms with Crippen molar-refractivity contribution in [2.24, 2.45) is 4.99 Å². The van der Waals surface area contributed by atoms with E-state index in [0.29, 0.717) is 18.7 Å². The summed E-state index contributed by atoms with van der Waals surface area (Å²) < 4.78 is 84.4. The molecule has 32 heavy (non-hydrogen) atoms. The van der Waals surface area contributed by atoms with Crippen molar-refractivity contribution in [3.63, 3.8) is 0 Å². The monoisotopic (exact) mass is 458 g/mol. The van der Waals surface area contributed by atoms with Crippen LogP contribution in [0.1, 0.15) is 42.0 Å². The van der Waals surface area contributed by atoms with Gasteiger partial charge in [0.05, 0.1) is 36.7 Å². The van der Waals surface area contributed by atoms with Gasteiger partial charge in [0, 0.05) is 13.5 Å². The molecule has 3 rings (SSSR count). The van der Waals surface area contributed by atoms with Gasteiger partial charge >= 0.3 is 12.4 Å². The number of rotatable bonds is 7. The van der Waals surface area contributed by atoms with Gasteiger partial charge in [-0.3, -0.25) is 4.99 Å². The van der Waals surface area contributed by atoms with Crippen molar-refractivity contribution < 1.29 is 31.1 Å². The lowest BCUT2D eigenvalue weighted by atomic mass is 9.92. The normalized spacial score (nSPS) is 19.4. The lowest BCUT2D eigenvalue weighted by Crippen LogP contribution is -2.36. The highest BCUT2D eigenvalue weighted by Crippen LogP contribution is 2.37. The van der Waals surface area contributed by atoms with Gasteiger partial charge in [0.2, 0.25) is 0 Å². The van der Waals surface area contributed by atoms with Crippen molar-refractivity contribution in [3.8, 4) is 0 Å². The Bertz CT molecular complexity index is 923. The van der Waals surface area contributed by atoms with Crippen LogP contribution in [0.2, 0.25) is 0 Å². The molecule has 0 aromatic heterocycles. The SMILES string of the molecule is CCCC1=NC(COCc2cc(C(F)(F)F)cc(C(F)(F)F)c2)(c2ccccc2)CN1C. The maximum absolute atomic E-state index is 13.1. The minimum Gasteiger partial charge on any atom is -0.374 e. The molecule has 3 nitrogen and oxygen atoms in total. The van der Waals surface area contributed by atoms with Crippen molar-refractivity contribution in [2.45, 2.75) is 44.3 Å². The van der Waals surface area contributed by atoms with Crippen LogP contribution < -0.4 is 0 Å². The van der Waals surface area contributed by atoms with E-state index in [4.69, 9.17) is 9.73 Å². The largest absolute Gasteiger partial charge is 0.416 e. The number of hydrogen-bond donors (Lipinski definition) is 0. The fraction of sp³-hybridized carbons (Fsp3) is 0.435. The number of ether oxygens (including phenoxy) is 1. The molecule has 0 radical (unpaired) electrons. The minimum absolute atomic E-state index is 0.0200. The Hall–Kier alpha value is -2.55. The molecule has 1 aliphatic heterocycles. The minimum atomic E-state index is -4.89. The molecule has 0 amide bonds. The van der Waals surface area contributed by atoms with E-state index in [1.165, 1.54) is 0 Å². The Labute approximate surface area is 182 Å². The van der Waals surface area contributed by atoms with Gasteiger partial charge in [-0.05, 0) is 35.7 Å². The van der Waals surface area contributed by atoms with Crippen LogP contribution >= 0.6 is 0 Å². The Morgan fingerprint density at radius 3 is 2.09 bits per heavy atom. The van der Waals surface area contributed by atoms with E-state index < -0.39 is 35.6 Å². The summed E-state index contributed by atoms with van der Waals surface area (Å²) in [6.07, 6.45) is -8.14. The smallest absolute Gasteiger partial charge is 0.374 e.